The predicted octanol–water partition coefficient (Wildman–Crippen LogP) is 5.92. The second kappa shape index (κ2) is 9.85. The van der Waals surface area contributed by atoms with Gasteiger partial charge in [-0.1, -0.05) is 25.1 Å². The maximum atomic E-state index is 14.2. The van der Waals surface area contributed by atoms with Crippen LogP contribution in [-0.2, 0) is 13.2 Å². The van der Waals surface area contributed by atoms with Gasteiger partial charge in [0.1, 0.15) is 23.2 Å². The highest BCUT2D eigenvalue weighted by Gasteiger charge is 2.24. The van der Waals surface area contributed by atoms with Crippen molar-refractivity contribution in [3.63, 3.8) is 0 Å². The Morgan fingerprint density at radius 1 is 1.20 bits per heavy atom. The maximum Gasteiger partial charge on any atom is 0.257 e. The van der Waals surface area contributed by atoms with Crippen LogP contribution in [0.3, 0.4) is 0 Å². The predicted molar refractivity (Wildman–Crippen MR) is 118 cm³/mol. The number of aryl methyl sites for hydroxylation is 2. The van der Waals surface area contributed by atoms with Crippen LogP contribution in [-0.4, -0.2) is 21.8 Å². The molecule has 0 bridgehead atoms. The highest BCUT2D eigenvalue weighted by molar-refractivity contribution is 7.09. The number of rotatable bonds is 8. The van der Waals surface area contributed by atoms with Crippen molar-refractivity contribution in [2.24, 2.45) is 0 Å². The Morgan fingerprint density at radius 3 is 2.57 bits per heavy atom. The Morgan fingerprint density at radius 2 is 1.90 bits per heavy atom. The topological polar surface area (TPSA) is 42.4 Å². The minimum Gasteiger partial charge on any atom is -0.486 e. The molecular weight excluding hydrogens is 399 g/mol. The van der Waals surface area contributed by atoms with Gasteiger partial charge in [0.05, 0.1) is 17.8 Å². The summed E-state index contributed by atoms with van der Waals surface area (Å²) in [5.41, 5.74) is 3.18. The van der Waals surface area contributed by atoms with Crippen LogP contribution in [0.15, 0.2) is 47.8 Å². The summed E-state index contributed by atoms with van der Waals surface area (Å²) in [5, 5.41) is 2.77. The van der Waals surface area contributed by atoms with Gasteiger partial charge in [0.15, 0.2) is 0 Å². The average Bonchev–Trinajstić information content (AvgIpc) is 3.17. The van der Waals surface area contributed by atoms with Gasteiger partial charge in [-0.05, 0) is 62.6 Å². The van der Waals surface area contributed by atoms with E-state index in [1.165, 1.54) is 23.5 Å². The Hall–Kier alpha value is -2.73. The summed E-state index contributed by atoms with van der Waals surface area (Å²) in [6, 6.07) is 12.2. The summed E-state index contributed by atoms with van der Waals surface area (Å²) in [7, 11) is 0. The number of nitrogens with zero attached hydrogens (tertiary/aromatic N) is 2. The van der Waals surface area contributed by atoms with Crippen molar-refractivity contribution in [3.8, 4) is 5.75 Å². The molecule has 0 saturated heterocycles. The van der Waals surface area contributed by atoms with Crippen molar-refractivity contribution in [3.05, 3.63) is 81.1 Å². The largest absolute Gasteiger partial charge is 0.486 e. The fourth-order valence-electron chi connectivity index (χ4n) is 3.26. The minimum atomic E-state index is -0.503. The average molecular weight is 427 g/mol. The molecule has 2 aromatic carbocycles. The summed E-state index contributed by atoms with van der Waals surface area (Å²) < 4.78 is 20.0. The lowest BCUT2D eigenvalue weighted by atomic mass is 10.1. The van der Waals surface area contributed by atoms with Gasteiger partial charge in [0, 0.05) is 11.4 Å². The Labute approximate surface area is 181 Å². The molecule has 0 saturated carbocycles. The fourth-order valence-corrected chi connectivity index (χ4v) is 3.96. The van der Waals surface area contributed by atoms with Crippen molar-refractivity contribution in [1.29, 1.82) is 0 Å². The SMILES string of the molecule is CC[C@@H](C)N(Cc1csc(COc2cc(C)cc(C)c2)n1)C(=O)c1ccccc1F. The van der Waals surface area contributed by atoms with Crippen molar-refractivity contribution in [2.75, 3.05) is 0 Å². The van der Waals surface area contributed by atoms with E-state index in [-0.39, 0.29) is 17.5 Å². The van der Waals surface area contributed by atoms with Crippen molar-refractivity contribution in [1.82, 2.24) is 9.88 Å². The summed E-state index contributed by atoms with van der Waals surface area (Å²) in [6.07, 6.45) is 0.771. The van der Waals surface area contributed by atoms with Crippen molar-refractivity contribution < 1.29 is 13.9 Å². The molecule has 0 radical (unpaired) electrons. The number of thiazole rings is 1. The standard InChI is InChI=1S/C24H27FN2O2S/c1-5-18(4)27(24(28)21-8-6-7-9-22(21)25)13-19-15-30-23(26-19)14-29-20-11-16(2)10-17(3)12-20/h6-12,15,18H,5,13-14H2,1-4H3/t18-/m1/s1. The van der Waals surface area contributed by atoms with Crippen LogP contribution < -0.4 is 4.74 Å². The first-order chi connectivity index (χ1) is 14.4. The summed E-state index contributed by atoms with van der Waals surface area (Å²) >= 11 is 1.50. The number of benzene rings is 2. The van der Waals surface area contributed by atoms with Gasteiger partial charge in [-0.2, -0.15) is 0 Å². The second-order valence-electron chi connectivity index (χ2n) is 7.51. The number of hydrogen-bond donors (Lipinski definition) is 0. The van der Waals surface area contributed by atoms with Crippen LogP contribution in [0.5, 0.6) is 5.75 Å². The lowest BCUT2D eigenvalue weighted by molar-refractivity contribution is 0.0664. The molecule has 1 amide bonds. The molecule has 0 N–H and O–H groups in total. The Bertz CT molecular complexity index is 998. The molecule has 0 unspecified atom stereocenters. The van der Waals surface area contributed by atoms with Crippen LogP contribution in [0, 0.1) is 19.7 Å². The van der Waals surface area contributed by atoms with Crippen LogP contribution in [0.2, 0.25) is 0 Å². The highest BCUT2D eigenvalue weighted by atomic mass is 32.1. The smallest absolute Gasteiger partial charge is 0.257 e. The van der Waals surface area contributed by atoms with E-state index >= 15 is 0 Å². The Balaban J connectivity index is 1.71. The quantitative estimate of drug-likeness (QED) is 0.449. The molecule has 0 aliphatic heterocycles. The number of ether oxygens (including phenoxy) is 1. The molecule has 4 nitrogen and oxygen atoms in total. The van der Waals surface area contributed by atoms with E-state index in [0.717, 1.165) is 34.0 Å². The minimum absolute atomic E-state index is 0.0335. The highest BCUT2D eigenvalue weighted by Crippen LogP contribution is 2.21. The molecule has 30 heavy (non-hydrogen) atoms. The number of carbonyl (C=O) groups excluding carboxylic acids is 1. The molecular formula is C24H27FN2O2S. The van der Waals surface area contributed by atoms with Gasteiger partial charge >= 0.3 is 0 Å². The number of halogens is 1. The zero-order chi connectivity index (χ0) is 21.7. The zero-order valence-corrected chi connectivity index (χ0v) is 18.6. The molecule has 0 fully saturated rings. The summed E-state index contributed by atoms with van der Waals surface area (Å²) in [4.78, 5) is 19.3. The number of aromatic nitrogens is 1. The lowest BCUT2D eigenvalue weighted by Crippen LogP contribution is -2.38. The number of amides is 1. The molecule has 158 valence electrons. The molecule has 0 spiro atoms. The van der Waals surface area contributed by atoms with E-state index < -0.39 is 5.82 Å². The van der Waals surface area contributed by atoms with Crippen LogP contribution in [0.25, 0.3) is 0 Å². The van der Waals surface area contributed by atoms with E-state index in [4.69, 9.17) is 4.74 Å². The van der Waals surface area contributed by atoms with Crippen LogP contribution in [0.1, 0.15) is 52.5 Å². The van der Waals surface area contributed by atoms with E-state index in [1.807, 2.05) is 45.2 Å². The second-order valence-corrected chi connectivity index (χ2v) is 8.46. The molecule has 6 heteroatoms. The number of hydrogen-bond acceptors (Lipinski definition) is 4. The van der Waals surface area contributed by atoms with Gasteiger partial charge in [-0.3, -0.25) is 4.79 Å². The van der Waals surface area contributed by atoms with Gasteiger partial charge < -0.3 is 9.64 Å². The maximum absolute atomic E-state index is 14.2. The monoisotopic (exact) mass is 426 g/mol. The normalized spacial score (nSPS) is 11.9. The third-order valence-corrected chi connectivity index (χ3v) is 5.85. The van der Waals surface area contributed by atoms with Crippen LogP contribution in [0.4, 0.5) is 4.39 Å². The first-order valence-corrected chi connectivity index (χ1v) is 10.9. The Kier molecular flexibility index (Phi) is 7.21. The van der Waals surface area contributed by atoms with E-state index in [9.17, 15) is 9.18 Å². The molecule has 0 aliphatic rings. The number of carbonyl (C=O) groups is 1. The molecule has 1 atom stereocenters. The van der Waals surface area contributed by atoms with E-state index in [2.05, 4.69) is 11.1 Å². The van der Waals surface area contributed by atoms with Gasteiger partial charge in [0.25, 0.3) is 5.91 Å². The van der Waals surface area contributed by atoms with Gasteiger partial charge in [-0.15, -0.1) is 11.3 Å². The lowest BCUT2D eigenvalue weighted by Gasteiger charge is -2.28. The van der Waals surface area contributed by atoms with Gasteiger partial charge in [0.2, 0.25) is 0 Å². The summed E-state index contributed by atoms with van der Waals surface area (Å²) in [6.45, 7) is 8.76. The fraction of sp³-hybridized carbons (Fsp3) is 0.333. The van der Waals surface area contributed by atoms with Crippen molar-refractivity contribution >= 4 is 17.2 Å². The molecule has 1 aromatic heterocycles. The van der Waals surface area contributed by atoms with E-state index in [0.29, 0.717) is 13.2 Å². The first kappa shape index (κ1) is 22.0. The first-order valence-electron chi connectivity index (χ1n) is 10.1. The molecule has 3 rings (SSSR count). The van der Waals surface area contributed by atoms with Crippen LogP contribution >= 0.6 is 11.3 Å². The summed E-state index contributed by atoms with van der Waals surface area (Å²) in [5.74, 6) is 0.000293. The third-order valence-electron chi connectivity index (χ3n) is 4.98. The van der Waals surface area contributed by atoms with E-state index in [1.54, 1.807) is 17.0 Å². The molecule has 1 heterocycles. The molecule has 3 aromatic rings. The van der Waals surface area contributed by atoms with Gasteiger partial charge in [-0.25, -0.2) is 9.37 Å². The third kappa shape index (κ3) is 5.45. The molecule has 0 aliphatic carbocycles. The zero-order valence-electron chi connectivity index (χ0n) is 17.8. The van der Waals surface area contributed by atoms with Crippen molar-refractivity contribution in [2.45, 2.75) is 53.3 Å².